The van der Waals surface area contributed by atoms with Gasteiger partial charge in [-0.3, -0.25) is 0 Å². The van der Waals surface area contributed by atoms with Crippen molar-refractivity contribution < 1.29 is 9.46 Å². The molecule has 0 aromatic heterocycles. The maximum Gasteiger partial charge on any atom is 0.405 e. The maximum absolute atomic E-state index is 8.81. The molecular weight excluding hydrogens is 101 g/mol. The first-order valence-electron chi connectivity index (χ1n) is 0.957. The molecule has 0 aromatic carbocycles. The predicted octanol–water partition coefficient (Wildman–Crippen LogP) is -0.788. The molecule has 0 saturated carbocycles. The van der Waals surface area contributed by atoms with Crippen LogP contribution in [-0.4, -0.2) is 0 Å². The van der Waals surface area contributed by atoms with Crippen LogP contribution in [0.1, 0.15) is 0 Å². The van der Waals surface area contributed by atoms with E-state index in [2.05, 4.69) is 18.4 Å². The van der Waals surface area contributed by atoms with Crippen molar-refractivity contribution in [3.8, 4) is 12.8 Å². The van der Waals surface area contributed by atoms with Crippen LogP contribution in [0.2, 0.25) is 0 Å². The predicted molar refractivity (Wildman–Crippen MR) is 21.7 cm³/mol. The molecule has 4 heteroatoms. The van der Waals surface area contributed by atoms with Gasteiger partial charge in [-0.2, -0.15) is 0 Å². The van der Waals surface area contributed by atoms with E-state index in [1.54, 1.807) is 0 Å². The first-order chi connectivity index (χ1) is 2.73. The summed E-state index contributed by atoms with van der Waals surface area (Å²) in [6.45, 7) is 0. The molecule has 0 bridgehead atoms. The first kappa shape index (κ1) is 9.13. The standard InChI is InChI=1S/C2H2.H2NO2P/c1-2;1-4(2)3/h1-2H;(H2,1,2,3). The fourth-order valence-corrected chi connectivity index (χ4v) is 0. The van der Waals surface area contributed by atoms with Crippen molar-refractivity contribution >= 4 is 8.18 Å². The zero-order chi connectivity index (χ0) is 5.58. The summed E-state index contributed by atoms with van der Waals surface area (Å²) in [6.07, 6.45) is 8.00. The lowest BCUT2D eigenvalue weighted by Gasteiger charge is -1.59. The molecule has 0 aliphatic heterocycles. The molecule has 0 saturated heterocycles. The average molecular weight is 105 g/mol. The molecule has 0 rings (SSSR count). The van der Waals surface area contributed by atoms with Crippen LogP contribution in [0, 0.1) is 12.8 Å². The van der Waals surface area contributed by atoms with Gasteiger partial charge in [0.25, 0.3) is 0 Å². The lowest BCUT2D eigenvalue weighted by molar-refractivity contribution is -0.164. The summed E-state index contributed by atoms with van der Waals surface area (Å²) < 4.78 is 8.81. The largest absolute Gasteiger partial charge is 0.578 e. The van der Waals surface area contributed by atoms with Crippen LogP contribution in [-0.2, 0) is 4.57 Å². The van der Waals surface area contributed by atoms with Crippen LogP contribution in [0.3, 0.4) is 0 Å². The number of hydrogen-bond donors (Lipinski definition) is 1. The van der Waals surface area contributed by atoms with E-state index in [4.69, 9.17) is 9.46 Å². The van der Waals surface area contributed by atoms with Gasteiger partial charge in [-0.25, -0.2) is 0 Å². The monoisotopic (exact) mass is 105 g/mol. The van der Waals surface area contributed by atoms with Crippen molar-refractivity contribution in [2.45, 2.75) is 0 Å². The third kappa shape index (κ3) is 135. The lowest BCUT2D eigenvalue weighted by atomic mass is 11.4. The summed E-state index contributed by atoms with van der Waals surface area (Å²) in [4.78, 5) is 8.81. The van der Waals surface area contributed by atoms with Crippen molar-refractivity contribution in [3.63, 3.8) is 0 Å². The van der Waals surface area contributed by atoms with Crippen molar-refractivity contribution in [1.82, 2.24) is 0 Å². The van der Waals surface area contributed by atoms with Gasteiger partial charge in [-0.05, 0) is 0 Å². The van der Waals surface area contributed by atoms with Crippen molar-refractivity contribution in [3.05, 3.63) is 0 Å². The minimum atomic E-state index is -2.62. The van der Waals surface area contributed by atoms with Crippen LogP contribution in [0.15, 0.2) is 0 Å². The normalized spacial score (nSPS) is 7.67. The number of rotatable bonds is 0. The maximum atomic E-state index is 8.81. The number of nitrogens with two attached hydrogens (primary N) is 1. The highest BCUT2D eigenvalue weighted by atomic mass is 31.1. The summed E-state index contributed by atoms with van der Waals surface area (Å²) in [5.74, 6) is 0. The molecule has 1 atom stereocenters. The van der Waals surface area contributed by atoms with Gasteiger partial charge in [-0.15, -0.1) is 18.4 Å². The summed E-state index contributed by atoms with van der Waals surface area (Å²) in [7, 11) is -2.62. The highest BCUT2D eigenvalue weighted by molar-refractivity contribution is 7.33. The lowest BCUT2D eigenvalue weighted by Crippen LogP contribution is -1.91. The molecule has 0 aromatic rings. The molecule has 0 fully saturated rings. The van der Waals surface area contributed by atoms with Crippen molar-refractivity contribution in [2.75, 3.05) is 0 Å². The summed E-state index contributed by atoms with van der Waals surface area (Å²) in [5, 5.41) is 0. The average Bonchev–Trinajstić information content (AvgIpc) is 1.41. The van der Waals surface area contributed by atoms with E-state index < -0.39 is 8.18 Å². The van der Waals surface area contributed by atoms with E-state index in [1.807, 2.05) is 0 Å². The van der Waals surface area contributed by atoms with Gasteiger partial charge < -0.3 is 4.89 Å². The highest BCUT2D eigenvalue weighted by Gasteiger charge is 1.69. The SMILES string of the molecule is C#C.N[P+](=O)[O-]. The third-order valence-corrected chi connectivity index (χ3v) is 0. The van der Waals surface area contributed by atoms with Gasteiger partial charge >= 0.3 is 8.18 Å². The van der Waals surface area contributed by atoms with Gasteiger partial charge in [0.05, 0.1) is 0 Å². The minimum absolute atomic E-state index is 2.62. The molecule has 2 N–H and O–H groups in total. The van der Waals surface area contributed by atoms with E-state index in [0.29, 0.717) is 0 Å². The molecule has 0 aliphatic rings. The Morgan fingerprint density at radius 2 is 1.67 bits per heavy atom. The highest BCUT2D eigenvalue weighted by Crippen LogP contribution is 1.81. The van der Waals surface area contributed by atoms with E-state index in [9.17, 15) is 0 Å². The fraction of sp³-hybridized carbons (Fsp3) is 0. The molecule has 0 spiro atoms. The summed E-state index contributed by atoms with van der Waals surface area (Å²) in [6, 6.07) is 0. The van der Waals surface area contributed by atoms with E-state index >= 15 is 0 Å². The van der Waals surface area contributed by atoms with E-state index in [-0.39, 0.29) is 0 Å². The molecule has 0 amide bonds. The Morgan fingerprint density at radius 3 is 1.67 bits per heavy atom. The van der Waals surface area contributed by atoms with E-state index in [1.165, 1.54) is 0 Å². The minimum Gasteiger partial charge on any atom is -0.578 e. The van der Waals surface area contributed by atoms with Crippen LogP contribution >= 0.6 is 8.18 Å². The molecule has 0 heterocycles. The molecule has 1 unspecified atom stereocenters. The first-order valence-corrected chi connectivity index (χ1v) is 2.20. The molecule has 3 nitrogen and oxygen atoms in total. The zero-order valence-corrected chi connectivity index (χ0v) is 3.89. The Bertz CT molecular complexity index is 55.8. The molecule has 0 radical (unpaired) electrons. The fourth-order valence-electron chi connectivity index (χ4n) is 0. The summed E-state index contributed by atoms with van der Waals surface area (Å²) >= 11 is 0. The second-order valence-electron chi connectivity index (χ2n) is 0.285. The van der Waals surface area contributed by atoms with Crippen molar-refractivity contribution in [2.24, 2.45) is 5.50 Å². The molecule has 0 aliphatic carbocycles. The Morgan fingerprint density at radius 1 is 1.67 bits per heavy atom. The van der Waals surface area contributed by atoms with Crippen LogP contribution in [0.5, 0.6) is 0 Å². The van der Waals surface area contributed by atoms with Gasteiger partial charge in [-0.1, -0.05) is 4.57 Å². The van der Waals surface area contributed by atoms with Gasteiger partial charge in [0, 0.05) is 0 Å². The zero-order valence-electron chi connectivity index (χ0n) is 3.00. The second kappa shape index (κ2) is 8.82. The second-order valence-corrected chi connectivity index (χ2v) is 0.856. The Labute approximate surface area is 37.1 Å². The van der Waals surface area contributed by atoms with Gasteiger partial charge in [0.15, 0.2) is 0 Å². The van der Waals surface area contributed by atoms with E-state index in [0.717, 1.165) is 0 Å². The Hall–Kier alpha value is -0.420. The van der Waals surface area contributed by atoms with Crippen LogP contribution in [0.4, 0.5) is 0 Å². The Balaban J connectivity index is 0. The van der Waals surface area contributed by atoms with Crippen LogP contribution < -0.4 is 10.4 Å². The van der Waals surface area contributed by atoms with Gasteiger partial charge in [0.1, 0.15) is 0 Å². The topological polar surface area (TPSA) is 66.2 Å². The van der Waals surface area contributed by atoms with Crippen molar-refractivity contribution in [1.29, 1.82) is 0 Å². The third-order valence-electron chi connectivity index (χ3n) is 0. The number of terminal acetylenes is 1. The molecule has 34 valence electrons. The smallest absolute Gasteiger partial charge is 0.405 e. The summed E-state index contributed by atoms with van der Waals surface area (Å²) in [5.41, 5.74) is 4.06. The molecule has 6 heavy (non-hydrogen) atoms. The van der Waals surface area contributed by atoms with Crippen LogP contribution in [0.25, 0.3) is 0 Å². The van der Waals surface area contributed by atoms with Gasteiger partial charge in [0.2, 0.25) is 0 Å². The Kier molecular flexibility index (Phi) is 13.4. The number of hydrogen-bond acceptors (Lipinski definition) is 2. The quantitative estimate of drug-likeness (QED) is 0.324. The molecular formula is C2H4NO2P.